The zero-order valence-corrected chi connectivity index (χ0v) is 24.3. The molecule has 2 aromatic rings. The summed E-state index contributed by atoms with van der Waals surface area (Å²) in [5, 5.41) is 11.3. The van der Waals surface area contributed by atoms with Gasteiger partial charge in [-0.05, 0) is 66.8 Å². The number of aliphatic hydroxyl groups excluding tert-OH is 1. The van der Waals surface area contributed by atoms with Crippen molar-refractivity contribution >= 4 is 27.2 Å². The Labute approximate surface area is 248 Å². The number of Topliss-reactive ketones (excluding diaryl/α,β-unsaturated/α-hetero) is 1. The molecule has 0 saturated heterocycles. The summed E-state index contributed by atoms with van der Waals surface area (Å²) in [5.74, 6) is 0.0444. The third kappa shape index (κ3) is 4.96. The highest BCUT2D eigenvalue weighted by Gasteiger charge is 2.33. The van der Waals surface area contributed by atoms with Gasteiger partial charge in [0.15, 0.2) is 5.78 Å². The average molecular weight is 596 g/mol. The summed E-state index contributed by atoms with van der Waals surface area (Å²) >= 11 is 0. The Morgan fingerprint density at radius 3 is 2.72 bits per heavy atom. The van der Waals surface area contributed by atoms with Crippen molar-refractivity contribution in [2.75, 3.05) is 13.2 Å². The first-order valence-electron chi connectivity index (χ1n) is 14.2. The van der Waals surface area contributed by atoms with Crippen LogP contribution in [-0.4, -0.2) is 48.1 Å². The molecule has 0 radical (unpaired) electrons. The number of H-pyrrole nitrogens is 1. The van der Waals surface area contributed by atoms with E-state index < -0.39 is 10.1 Å². The Morgan fingerprint density at radius 1 is 1.05 bits per heavy atom. The summed E-state index contributed by atoms with van der Waals surface area (Å²) in [6.45, 7) is 2.19. The van der Waals surface area contributed by atoms with Gasteiger partial charge in [-0.1, -0.05) is 17.7 Å². The fraction of sp³-hybridized carbons (Fsp3) is 0.242. The number of hydrogen-bond donors (Lipinski definition) is 2. The van der Waals surface area contributed by atoms with Crippen LogP contribution in [0.4, 0.5) is 0 Å². The fourth-order valence-electron chi connectivity index (χ4n) is 6.11. The second-order valence-corrected chi connectivity index (χ2v) is 12.7. The summed E-state index contributed by atoms with van der Waals surface area (Å²) in [6.07, 6.45) is 8.18. The summed E-state index contributed by atoms with van der Waals surface area (Å²) in [6, 6.07) is 12.4. The van der Waals surface area contributed by atoms with Crippen molar-refractivity contribution in [2.24, 2.45) is 10.9 Å². The lowest BCUT2D eigenvalue weighted by Crippen LogP contribution is -2.28. The quantitative estimate of drug-likeness (QED) is 0.287. The van der Waals surface area contributed by atoms with Gasteiger partial charge in [0.2, 0.25) is 0 Å². The van der Waals surface area contributed by atoms with Crippen LogP contribution >= 0.6 is 0 Å². The molecule has 2 N–H and O–H groups in total. The van der Waals surface area contributed by atoms with Gasteiger partial charge in [0.1, 0.15) is 17.8 Å². The summed E-state index contributed by atoms with van der Waals surface area (Å²) in [4.78, 5) is 25.9. The molecule has 0 fully saturated rings. The Hall–Kier alpha value is -4.54. The summed E-state index contributed by atoms with van der Waals surface area (Å²) < 4.78 is 37.6. The number of carbonyl (C=O) groups excluding carboxylic acids is 1. The molecule has 0 spiro atoms. The SMILES string of the molecule is Cc1ccc(S(=O)(=O)OC[C@H]2CCc3cc4c5cncc-5cc3C2=NCCc2cc3c([nH]cco2)C4=C(O)CC3=O)cc1. The molecule has 3 aliphatic carbocycles. The van der Waals surface area contributed by atoms with E-state index in [1.54, 1.807) is 48.9 Å². The number of aliphatic hydroxyl groups is 1. The van der Waals surface area contributed by atoms with E-state index in [4.69, 9.17) is 13.6 Å². The van der Waals surface area contributed by atoms with Crippen LogP contribution in [0.15, 0.2) is 87.4 Å². The number of fused-ring (bicyclic) bond motifs is 5. The minimum absolute atomic E-state index is 0.0179. The van der Waals surface area contributed by atoms with Crippen LogP contribution in [-0.2, 0) is 27.1 Å². The number of rotatable bonds is 4. The number of allylic oxidation sites excluding steroid dienone is 1. The normalized spacial score (nSPS) is 17.7. The van der Waals surface area contributed by atoms with E-state index >= 15 is 0 Å². The highest BCUT2D eigenvalue weighted by Crippen LogP contribution is 2.41. The van der Waals surface area contributed by atoms with Gasteiger partial charge in [-0.15, -0.1) is 0 Å². The zero-order valence-electron chi connectivity index (χ0n) is 23.5. The molecule has 0 unspecified atom stereocenters. The van der Waals surface area contributed by atoms with E-state index in [-0.39, 0.29) is 35.4 Å². The van der Waals surface area contributed by atoms with Crippen LogP contribution in [0.3, 0.4) is 0 Å². The number of ketones is 1. The maximum atomic E-state index is 13.2. The van der Waals surface area contributed by atoms with Gasteiger partial charge in [-0.2, -0.15) is 8.42 Å². The molecule has 5 aliphatic rings. The first kappa shape index (κ1) is 27.3. The van der Waals surface area contributed by atoms with Gasteiger partial charge in [0.05, 0.1) is 23.6 Å². The summed E-state index contributed by atoms with van der Waals surface area (Å²) in [7, 11) is -3.96. The van der Waals surface area contributed by atoms with E-state index in [0.29, 0.717) is 48.4 Å². The number of nitrogens with one attached hydrogen (secondary N) is 1. The molecule has 9 nitrogen and oxygen atoms in total. The van der Waals surface area contributed by atoms with Crippen LogP contribution < -0.4 is 0 Å². The van der Waals surface area contributed by atoms with E-state index in [1.165, 1.54) is 6.26 Å². The number of aryl methyl sites for hydroxylation is 2. The fourth-order valence-corrected chi connectivity index (χ4v) is 7.06. The van der Waals surface area contributed by atoms with Crippen molar-refractivity contribution in [3.8, 4) is 11.1 Å². The lowest BCUT2D eigenvalue weighted by molar-refractivity contribution is 0.0976. The number of nitrogens with zero attached hydrogens (tertiary/aromatic N) is 2. The lowest BCUT2D eigenvalue weighted by atomic mass is 9.82. The topological polar surface area (TPSA) is 135 Å². The molecule has 8 bridgehead atoms. The number of aromatic nitrogens is 2. The molecule has 0 saturated carbocycles. The zero-order chi connectivity index (χ0) is 29.7. The van der Waals surface area contributed by atoms with Gasteiger partial charge in [-0.3, -0.25) is 19.0 Å². The monoisotopic (exact) mass is 595 g/mol. The highest BCUT2D eigenvalue weighted by atomic mass is 32.2. The van der Waals surface area contributed by atoms with Crippen molar-refractivity contribution in [2.45, 2.75) is 37.5 Å². The van der Waals surface area contributed by atoms with Crippen LogP contribution in [0.1, 0.15) is 56.9 Å². The van der Waals surface area contributed by atoms with Crippen LogP contribution in [0.25, 0.3) is 16.7 Å². The number of hydrogen-bond acceptors (Lipinski definition) is 8. The van der Waals surface area contributed by atoms with Crippen molar-refractivity contribution in [1.29, 1.82) is 0 Å². The molecule has 1 aromatic carbocycles. The van der Waals surface area contributed by atoms with Crippen molar-refractivity contribution in [3.05, 3.63) is 112 Å². The van der Waals surface area contributed by atoms with Gasteiger partial charge in [0, 0.05) is 65.4 Å². The smallest absolute Gasteiger partial charge is 0.296 e. The predicted octanol–water partition coefficient (Wildman–Crippen LogP) is 5.76. The Balaban J connectivity index is 1.39. The molecule has 218 valence electrons. The van der Waals surface area contributed by atoms with Crippen LogP contribution in [0, 0.1) is 12.8 Å². The Kier molecular flexibility index (Phi) is 6.75. The van der Waals surface area contributed by atoms with Crippen molar-refractivity contribution in [1.82, 2.24) is 9.97 Å². The molecule has 3 heterocycles. The van der Waals surface area contributed by atoms with E-state index in [2.05, 4.69) is 9.97 Å². The first-order chi connectivity index (χ1) is 20.8. The second-order valence-electron chi connectivity index (χ2n) is 11.1. The average Bonchev–Trinajstić information content (AvgIpc) is 3.36. The van der Waals surface area contributed by atoms with Gasteiger partial charge < -0.3 is 14.5 Å². The van der Waals surface area contributed by atoms with Gasteiger partial charge in [0.25, 0.3) is 10.1 Å². The van der Waals surface area contributed by atoms with Gasteiger partial charge in [-0.25, -0.2) is 0 Å². The number of benzene rings is 1. The molecule has 10 heteroatoms. The minimum atomic E-state index is -3.96. The molecular weight excluding hydrogens is 566 g/mol. The molecule has 43 heavy (non-hydrogen) atoms. The lowest BCUT2D eigenvalue weighted by Gasteiger charge is -2.26. The largest absolute Gasteiger partial charge is 0.511 e. The van der Waals surface area contributed by atoms with E-state index in [9.17, 15) is 18.3 Å². The molecule has 1 aromatic heterocycles. The minimum Gasteiger partial charge on any atom is -0.511 e. The second kappa shape index (κ2) is 10.6. The number of aliphatic imine (C=N–C) groups is 1. The Morgan fingerprint density at radius 2 is 1.88 bits per heavy atom. The highest BCUT2D eigenvalue weighted by molar-refractivity contribution is 7.86. The number of carbonyl (C=O) groups is 1. The molecule has 7 rings (SSSR count). The molecule has 1 atom stereocenters. The van der Waals surface area contributed by atoms with E-state index in [0.717, 1.165) is 39.1 Å². The standard InChI is InChI=1S/C33H29N3O6S/c1-19-2-6-24(7-3-19)43(39,40)42-18-21-5-4-20-12-26-28-17-34-16-22(28)13-25(20)32(21)35-9-8-23-14-27-29(37)15-30(38)31(26)33(27)36-10-11-41-23/h2-3,6-7,10-14,16-17,21,36,38H,4-5,8-9,15,18H2,1H3/t21-/m1/s1. The Bertz CT molecular complexity index is 1970. The molecule has 2 aliphatic heterocycles. The van der Waals surface area contributed by atoms with Crippen LogP contribution in [0.5, 0.6) is 0 Å². The van der Waals surface area contributed by atoms with Gasteiger partial charge >= 0.3 is 0 Å². The van der Waals surface area contributed by atoms with Crippen molar-refractivity contribution in [3.63, 3.8) is 0 Å². The third-order valence-electron chi connectivity index (χ3n) is 8.31. The maximum absolute atomic E-state index is 13.2. The van der Waals surface area contributed by atoms with Crippen LogP contribution in [0.2, 0.25) is 0 Å². The summed E-state index contributed by atoms with van der Waals surface area (Å²) in [5.41, 5.74) is 7.50. The van der Waals surface area contributed by atoms with E-state index in [1.807, 2.05) is 19.1 Å². The third-order valence-corrected chi connectivity index (χ3v) is 9.60. The maximum Gasteiger partial charge on any atom is 0.296 e. The number of aromatic amines is 1. The van der Waals surface area contributed by atoms with Crippen molar-refractivity contribution < 1.29 is 26.9 Å². The molecule has 0 amide bonds. The first-order valence-corrected chi connectivity index (χ1v) is 15.6. The molecular formula is C33H29N3O6S. The predicted molar refractivity (Wildman–Crippen MR) is 160 cm³/mol.